The van der Waals surface area contributed by atoms with E-state index in [9.17, 15) is 0 Å². The zero-order chi connectivity index (χ0) is 24.9. The first-order valence-electron chi connectivity index (χ1n) is 13.8. The van der Waals surface area contributed by atoms with Crippen molar-refractivity contribution in [3.8, 4) is 0 Å². The Balaban J connectivity index is 1.50. The van der Waals surface area contributed by atoms with Crippen molar-refractivity contribution in [2.24, 2.45) is 23.7 Å². The van der Waals surface area contributed by atoms with Gasteiger partial charge in [-0.2, -0.15) is 0 Å². The highest BCUT2D eigenvalue weighted by Crippen LogP contribution is 2.64. The van der Waals surface area contributed by atoms with E-state index in [1.165, 1.54) is 54.4 Å². The Morgan fingerprint density at radius 2 is 1.56 bits per heavy atom. The lowest BCUT2D eigenvalue weighted by atomic mass is 9.43. The first-order chi connectivity index (χ1) is 17.4. The molecule has 4 aliphatic rings. The molecule has 2 aromatic heterocycles. The minimum absolute atomic E-state index is 0.139. The van der Waals surface area contributed by atoms with Crippen LogP contribution in [0.15, 0.2) is 67.3 Å². The van der Waals surface area contributed by atoms with Crippen LogP contribution in [-0.4, -0.2) is 16.1 Å². The summed E-state index contributed by atoms with van der Waals surface area (Å²) in [6.07, 6.45) is 17.5. The van der Waals surface area contributed by atoms with Gasteiger partial charge in [-0.1, -0.05) is 51.1 Å². The van der Waals surface area contributed by atoms with Gasteiger partial charge in [0.05, 0.1) is 0 Å². The van der Waals surface area contributed by atoms with Crippen LogP contribution in [0.2, 0.25) is 0 Å². The molecule has 1 aromatic carbocycles. The monoisotopic (exact) mass is 514 g/mol. The fourth-order valence-electron chi connectivity index (χ4n) is 8.19. The van der Waals surface area contributed by atoms with Gasteiger partial charge in [-0.25, -0.2) is 0 Å². The molecule has 0 radical (unpaired) electrons. The maximum Gasteiger partial charge on any atom is 0.0348 e. The molecule has 7 rings (SSSR count). The third-order valence-corrected chi connectivity index (χ3v) is 12.5. The molecule has 0 aliphatic heterocycles. The molecule has 4 saturated carbocycles. The van der Waals surface area contributed by atoms with Gasteiger partial charge in [0.2, 0.25) is 0 Å². The van der Waals surface area contributed by atoms with Crippen LogP contribution in [0.3, 0.4) is 0 Å². The minimum atomic E-state index is -0.582. The first-order valence-corrected chi connectivity index (χ1v) is 16.1. The van der Waals surface area contributed by atoms with E-state index in [-0.39, 0.29) is 5.41 Å². The van der Waals surface area contributed by atoms with Gasteiger partial charge in [0.25, 0.3) is 0 Å². The summed E-state index contributed by atoms with van der Waals surface area (Å²) in [5.41, 5.74) is 5.22. The van der Waals surface area contributed by atoms with Gasteiger partial charge in [0.1, 0.15) is 0 Å². The molecular formula is C32H40N2P2. The number of nitrogens with zero attached hydrogens (tertiary/aromatic N) is 2. The Morgan fingerprint density at radius 1 is 0.917 bits per heavy atom. The standard InChI is InChI=1S/C32H40N2P2/c1-31(2,3)26-8-9-29(32-16-22-12-23(17-32)14-24(13-22)30(32)20-35)25(15-26)21-36(27-6-4-10-33-18-27)28-7-5-11-34-19-28/h4-11,15,18-19,22-24,30H,12-14,16-17,20-21,35H2,1-3H3. The van der Waals surface area contributed by atoms with Crippen LogP contribution >= 0.6 is 17.2 Å². The van der Waals surface area contributed by atoms with Crippen LogP contribution in [0, 0.1) is 23.7 Å². The van der Waals surface area contributed by atoms with Crippen molar-refractivity contribution in [1.82, 2.24) is 9.97 Å². The SMILES string of the molecule is CC(C)(C)c1ccc(C23CC4CC(CC(C4)C2CP)C3)c(CP(c2cccnc2)c2cccnc2)c1. The van der Waals surface area contributed by atoms with Gasteiger partial charge < -0.3 is 0 Å². The second-order valence-corrected chi connectivity index (χ2v) is 15.4. The van der Waals surface area contributed by atoms with Crippen LogP contribution in [0.5, 0.6) is 0 Å². The van der Waals surface area contributed by atoms with E-state index in [1.807, 2.05) is 12.4 Å². The van der Waals surface area contributed by atoms with Gasteiger partial charge >= 0.3 is 0 Å². The second kappa shape index (κ2) is 9.60. The number of hydrogen-bond donors (Lipinski definition) is 0. The van der Waals surface area contributed by atoms with Gasteiger partial charge in [-0.05, 0) is 120 Å². The van der Waals surface area contributed by atoms with Crippen LogP contribution in [0.4, 0.5) is 0 Å². The van der Waals surface area contributed by atoms with Crippen molar-refractivity contribution in [2.45, 2.75) is 69.9 Å². The van der Waals surface area contributed by atoms with Crippen molar-refractivity contribution < 1.29 is 0 Å². The lowest BCUT2D eigenvalue weighted by molar-refractivity contribution is -0.0520. The molecule has 0 amide bonds. The molecule has 3 aromatic rings. The Hall–Kier alpha value is -1.62. The van der Waals surface area contributed by atoms with E-state index in [1.54, 1.807) is 11.1 Å². The summed E-state index contributed by atoms with van der Waals surface area (Å²) in [7, 11) is 2.57. The van der Waals surface area contributed by atoms with E-state index in [0.29, 0.717) is 5.41 Å². The summed E-state index contributed by atoms with van der Waals surface area (Å²) in [5.74, 6) is 3.59. The fourth-order valence-corrected chi connectivity index (χ4v) is 11.2. The van der Waals surface area contributed by atoms with Gasteiger partial charge in [-0.3, -0.25) is 9.97 Å². The average molecular weight is 515 g/mol. The van der Waals surface area contributed by atoms with Crippen LogP contribution in [0.1, 0.15) is 69.6 Å². The molecular weight excluding hydrogens is 474 g/mol. The molecule has 4 heteroatoms. The molecule has 188 valence electrons. The van der Waals surface area contributed by atoms with E-state index < -0.39 is 7.92 Å². The predicted octanol–water partition coefficient (Wildman–Crippen LogP) is 6.98. The number of rotatable bonds is 6. The molecule has 4 atom stereocenters. The molecule has 4 aliphatic carbocycles. The normalized spacial score (nSPS) is 29.1. The van der Waals surface area contributed by atoms with Crippen molar-refractivity contribution >= 4 is 27.8 Å². The van der Waals surface area contributed by atoms with Crippen LogP contribution in [-0.2, 0) is 17.0 Å². The minimum Gasteiger partial charge on any atom is -0.264 e. The van der Waals surface area contributed by atoms with Gasteiger partial charge in [0.15, 0.2) is 0 Å². The highest BCUT2D eigenvalue weighted by atomic mass is 31.1. The van der Waals surface area contributed by atoms with Crippen molar-refractivity contribution in [2.75, 3.05) is 6.16 Å². The van der Waals surface area contributed by atoms with Crippen molar-refractivity contribution in [3.63, 3.8) is 0 Å². The highest BCUT2D eigenvalue weighted by molar-refractivity contribution is 7.72. The zero-order valence-electron chi connectivity index (χ0n) is 22.0. The molecule has 36 heavy (non-hydrogen) atoms. The number of pyridine rings is 2. The molecule has 2 nitrogen and oxygen atoms in total. The summed E-state index contributed by atoms with van der Waals surface area (Å²) in [6, 6.07) is 16.4. The molecule has 0 N–H and O–H groups in total. The molecule has 0 saturated heterocycles. The highest BCUT2D eigenvalue weighted by Gasteiger charge is 2.57. The fraction of sp³-hybridized carbons (Fsp3) is 0.500. The quantitative estimate of drug-likeness (QED) is 0.332. The Labute approximate surface area is 221 Å². The van der Waals surface area contributed by atoms with E-state index in [4.69, 9.17) is 0 Å². The average Bonchev–Trinajstić information content (AvgIpc) is 2.87. The first kappa shape index (κ1) is 24.7. The maximum absolute atomic E-state index is 4.52. The predicted molar refractivity (Wildman–Crippen MR) is 157 cm³/mol. The third-order valence-electron chi connectivity index (χ3n) is 9.53. The molecule has 2 heterocycles. The second-order valence-electron chi connectivity index (χ2n) is 12.7. The Morgan fingerprint density at radius 3 is 2.08 bits per heavy atom. The Bertz CT molecular complexity index is 1150. The van der Waals surface area contributed by atoms with E-state index >= 15 is 0 Å². The summed E-state index contributed by atoms with van der Waals surface area (Å²) >= 11 is 0. The lowest BCUT2D eigenvalue weighted by Gasteiger charge is -2.62. The number of aromatic nitrogens is 2. The summed E-state index contributed by atoms with van der Waals surface area (Å²) in [4.78, 5) is 9.05. The summed E-state index contributed by atoms with van der Waals surface area (Å²) in [5, 5.41) is 2.70. The third kappa shape index (κ3) is 4.37. The van der Waals surface area contributed by atoms with Gasteiger partial charge in [-0.15, -0.1) is 9.24 Å². The largest absolute Gasteiger partial charge is 0.264 e. The number of benzene rings is 1. The topological polar surface area (TPSA) is 25.8 Å². The molecule has 4 bridgehead atoms. The zero-order valence-corrected chi connectivity index (χ0v) is 24.1. The van der Waals surface area contributed by atoms with Crippen LogP contribution < -0.4 is 10.6 Å². The maximum atomic E-state index is 4.52. The lowest BCUT2D eigenvalue weighted by Crippen LogP contribution is -2.56. The van der Waals surface area contributed by atoms with Crippen molar-refractivity contribution in [1.29, 1.82) is 0 Å². The van der Waals surface area contributed by atoms with Crippen molar-refractivity contribution in [3.05, 3.63) is 83.9 Å². The van der Waals surface area contributed by atoms with Crippen LogP contribution in [0.25, 0.3) is 0 Å². The summed E-state index contributed by atoms with van der Waals surface area (Å²) in [6.45, 7) is 7.06. The molecule has 4 fully saturated rings. The van der Waals surface area contributed by atoms with E-state index in [2.05, 4.69) is 94.8 Å². The molecule has 0 spiro atoms. The van der Waals surface area contributed by atoms with Gasteiger partial charge in [0, 0.05) is 30.9 Å². The molecule has 4 unspecified atom stereocenters. The smallest absolute Gasteiger partial charge is 0.0348 e. The Kier molecular flexibility index (Phi) is 6.59. The van der Waals surface area contributed by atoms with E-state index in [0.717, 1.165) is 29.8 Å². The number of hydrogen-bond acceptors (Lipinski definition) is 2. The summed E-state index contributed by atoms with van der Waals surface area (Å²) < 4.78 is 0.